The number of primary amides is 1. The maximum atomic E-state index is 10.5. The molecule has 0 aliphatic heterocycles. The number of halogens is 1. The van der Waals surface area contributed by atoms with Gasteiger partial charge in [-0.25, -0.2) is 0 Å². The quantitative estimate of drug-likeness (QED) is 0.802. The van der Waals surface area contributed by atoms with Gasteiger partial charge in [0.2, 0.25) is 5.91 Å². The van der Waals surface area contributed by atoms with Crippen molar-refractivity contribution >= 4 is 28.5 Å². The van der Waals surface area contributed by atoms with Crippen molar-refractivity contribution in [2.24, 2.45) is 11.5 Å². The minimum Gasteiger partial charge on any atom is -0.454 e. The average Bonchev–Trinajstić information content (AvgIpc) is 2.34. The first-order valence-electron chi connectivity index (χ1n) is 3.38. The van der Waals surface area contributed by atoms with Crippen LogP contribution in [0.2, 0.25) is 0 Å². The predicted octanol–water partition coefficient (Wildman–Crippen LogP) is 0.759. The molecule has 5 heteroatoms. The fourth-order valence-corrected chi connectivity index (χ4v) is 1.28. The molecule has 0 aromatic carbocycles. The van der Waals surface area contributed by atoms with Crippen LogP contribution in [0.5, 0.6) is 0 Å². The maximum Gasteiger partial charge on any atom is 0.219 e. The third kappa shape index (κ3) is 2.49. The molecule has 0 saturated heterocycles. The smallest absolute Gasteiger partial charge is 0.219 e. The van der Waals surface area contributed by atoms with Gasteiger partial charge in [-0.3, -0.25) is 4.79 Å². The molecule has 1 atom stereocenters. The number of hydrogen-bond donors (Lipinski definition) is 2. The zero-order valence-corrected chi connectivity index (χ0v) is 8.45. The normalized spacial score (nSPS) is 12.8. The number of carbonyl (C=O) groups excluding carboxylic acids is 1. The highest BCUT2D eigenvalue weighted by Gasteiger charge is 2.12. The molecule has 1 rings (SSSR count). The molecule has 0 saturated carbocycles. The second-order valence-corrected chi connectivity index (χ2v) is 3.48. The van der Waals surface area contributed by atoms with Gasteiger partial charge in [0.05, 0.1) is 6.04 Å². The van der Waals surface area contributed by atoms with Crippen molar-refractivity contribution in [2.45, 2.75) is 12.5 Å². The highest BCUT2D eigenvalue weighted by molar-refractivity contribution is 14.1. The fourth-order valence-electron chi connectivity index (χ4n) is 0.845. The summed E-state index contributed by atoms with van der Waals surface area (Å²) in [6, 6.07) is 3.11. The molecule has 4 N–H and O–H groups in total. The van der Waals surface area contributed by atoms with E-state index in [0.717, 1.165) is 3.77 Å². The summed E-state index contributed by atoms with van der Waals surface area (Å²) in [7, 11) is 0. The Labute approximate surface area is 83.4 Å². The van der Waals surface area contributed by atoms with Gasteiger partial charge in [-0.05, 0) is 34.7 Å². The van der Waals surface area contributed by atoms with E-state index in [1.165, 1.54) is 0 Å². The Morgan fingerprint density at radius 1 is 1.67 bits per heavy atom. The van der Waals surface area contributed by atoms with Crippen LogP contribution >= 0.6 is 22.6 Å². The molecular formula is C7H9IN2O2. The van der Waals surface area contributed by atoms with Gasteiger partial charge < -0.3 is 15.9 Å². The van der Waals surface area contributed by atoms with E-state index in [0.29, 0.717) is 5.76 Å². The first kappa shape index (κ1) is 9.53. The van der Waals surface area contributed by atoms with Crippen LogP contribution in [0.15, 0.2) is 16.5 Å². The van der Waals surface area contributed by atoms with Gasteiger partial charge in [0.1, 0.15) is 5.76 Å². The number of furan rings is 1. The molecule has 0 aliphatic carbocycles. The summed E-state index contributed by atoms with van der Waals surface area (Å²) in [6.07, 6.45) is 0.115. The molecule has 1 amide bonds. The van der Waals surface area contributed by atoms with Gasteiger partial charge in [0.15, 0.2) is 3.77 Å². The third-order valence-corrected chi connectivity index (χ3v) is 1.96. The molecule has 4 nitrogen and oxygen atoms in total. The van der Waals surface area contributed by atoms with Crippen LogP contribution < -0.4 is 11.5 Å². The highest BCUT2D eigenvalue weighted by Crippen LogP contribution is 2.17. The Kier molecular flexibility index (Phi) is 3.10. The van der Waals surface area contributed by atoms with Crippen LogP contribution in [0.4, 0.5) is 0 Å². The van der Waals surface area contributed by atoms with Crippen molar-refractivity contribution in [3.8, 4) is 0 Å². The molecular weight excluding hydrogens is 271 g/mol. The summed E-state index contributed by atoms with van der Waals surface area (Å²) in [5.41, 5.74) is 10.6. The SMILES string of the molecule is NC(=O)CC(N)c1ccc(I)o1. The van der Waals surface area contributed by atoms with E-state index < -0.39 is 11.9 Å². The van der Waals surface area contributed by atoms with Crippen molar-refractivity contribution in [3.63, 3.8) is 0 Å². The molecule has 0 aliphatic rings. The summed E-state index contributed by atoms with van der Waals surface area (Å²) in [5.74, 6) is 0.173. The van der Waals surface area contributed by atoms with Crippen LogP contribution in [0.25, 0.3) is 0 Å². The molecule has 1 aromatic heterocycles. The highest BCUT2D eigenvalue weighted by atomic mass is 127. The topological polar surface area (TPSA) is 82.2 Å². The van der Waals surface area contributed by atoms with E-state index in [1.807, 2.05) is 22.6 Å². The Balaban J connectivity index is 2.64. The molecule has 1 unspecified atom stereocenters. The maximum absolute atomic E-state index is 10.5. The summed E-state index contributed by atoms with van der Waals surface area (Å²) in [6.45, 7) is 0. The second kappa shape index (κ2) is 3.90. The molecule has 0 bridgehead atoms. The van der Waals surface area contributed by atoms with Crippen LogP contribution in [-0.4, -0.2) is 5.91 Å². The largest absolute Gasteiger partial charge is 0.454 e. The first-order valence-corrected chi connectivity index (χ1v) is 4.46. The molecule has 0 spiro atoms. The minimum atomic E-state index is -0.425. The average molecular weight is 280 g/mol. The van der Waals surface area contributed by atoms with Crippen molar-refractivity contribution in [3.05, 3.63) is 21.7 Å². The van der Waals surface area contributed by atoms with Gasteiger partial charge in [-0.2, -0.15) is 0 Å². The number of carbonyl (C=O) groups is 1. The zero-order chi connectivity index (χ0) is 9.14. The van der Waals surface area contributed by atoms with E-state index >= 15 is 0 Å². The minimum absolute atomic E-state index is 0.115. The van der Waals surface area contributed by atoms with Crippen molar-refractivity contribution < 1.29 is 9.21 Å². The molecule has 0 radical (unpaired) electrons. The van der Waals surface area contributed by atoms with Crippen molar-refractivity contribution in [2.75, 3.05) is 0 Å². The van der Waals surface area contributed by atoms with Gasteiger partial charge in [0, 0.05) is 6.42 Å². The van der Waals surface area contributed by atoms with Gasteiger partial charge in [0.25, 0.3) is 0 Å². The lowest BCUT2D eigenvalue weighted by atomic mass is 10.2. The van der Waals surface area contributed by atoms with E-state index in [4.69, 9.17) is 15.9 Å². The van der Waals surface area contributed by atoms with Crippen LogP contribution in [0, 0.1) is 3.77 Å². The van der Waals surface area contributed by atoms with Gasteiger partial charge in [-0.1, -0.05) is 0 Å². The Hall–Kier alpha value is -0.560. The summed E-state index contributed by atoms with van der Waals surface area (Å²) in [5, 5.41) is 0. The molecule has 1 aromatic rings. The van der Waals surface area contributed by atoms with E-state index in [1.54, 1.807) is 12.1 Å². The molecule has 66 valence electrons. The van der Waals surface area contributed by atoms with Crippen molar-refractivity contribution in [1.29, 1.82) is 0 Å². The zero-order valence-electron chi connectivity index (χ0n) is 6.29. The Morgan fingerprint density at radius 2 is 2.33 bits per heavy atom. The van der Waals surface area contributed by atoms with E-state index in [9.17, 15) is 4.79 Å². The van der Waals surface area contributed by atoms with Crippen LogP contribution in [-0.2, 0) is 4.79 Å². The Bertz CT molecular complexity index is 285. The second-order valence-electron chi connectivity index (χ2n) is 2.42. The first-order chi connectivity index (χ1) is 5.59. The predicted molar refractivity (Wildman–Crippen MR) is 52.2 cm³/mol. The lowest BCUT2D eigenvalue weighted by molar-refractivity contribution is -0.118. The van der Waals surface area contributed by atoms with Crippen LogP contribution in [0.3, 0.4) is 0 Å². The summed E-state index contributed by atoms with van der Waals surface area (Å²) in [4.78, 5) is 10.5. The van der Waals surface area contributed by atoms with Crippen molar-refractivity contribution in [1.82, 2.24) is 0 Å². The van der Waals surface area contributed by atoms with Crippen LogP contribution in [0.1, 0.15) is 18.2 Å². The summed E-state index contributed by atoms with van der Waals surface area (Å²) < 4.78 is 5.95. The fraction of sp³-hybridized carbons (Fsp3) is 0.286. The van der Waals surface area contributed by atoms with E-state index in [2.05, 4.69) is 0 Å². The van der Waals surface area contributed by atoms with E-state index in [-0.39, 0.29) is 6.42 Å². The molecule has 12 heavy (non-hydrogen) atoms. The summed E-state index contributed by atoms with van der Waals surface area (Å²) >= 11 is 2.03. The van der Waals surface area contributed by atoms with Gasteiger partial charge in [-0.15, -0.1) is 0 Å². The molecule has 1 heterocycles. The number of nitrogens with two attached hydrogens (primary N) is 2. The van der Waals surface area contributed by atoms with Gasteiger partial charge >= 0.3 is 0 Å². The monoisotopic (exact) mass is 280 g/mol. The molecule has 0 fully saturated rings. The third-order valence-electron chi connectivity index (χ3n) is 1.38. The lowest BCUT2D eigenvalue weighted by Gasteiger charge is -2.04. The number of rotatable bonds is 3. The number of amides is 1. The number of hydrogen-bond acceptors (Lipinski definition) is 3. The lowest BCUT2D eigenvalue weighted by Crippen LogP contribution is -2.20. The Morgan fingerprint density at radius 3 is 2.75 bits per heavy atom. The standard InChI is InChI=1S/C7H9IN2O2/c8-6-2-1-5(12-6)4(9)3-7(10)11/h1-2,4H,3,9H2,(H2,10,11).